The van der Waals surface area contributed by atoms with Crippen molar-refractivity contribution in [2.24, 2.45) is 0 Å². The van der Waals surface area contributed by atoms with Crippen molar-refractivity contribution in [3.8, 4) is 0 Å². The van der Waals surface area contributed by atoms with E-state index in [0.29, 0.717) is 17.3 Å². The van der Waals surface area contributed by atoms with Crippen LogP contribution in [0.3, 0.4) is 0 Å². The summed E-state index contributed by atoms with van der Waals surface area (Å²) in [5.74, 6) is 0. The van der Waals surface area contributed by atoms with Gasteiger partial charge < -0.3 is 4.90 Å². The molecule has 0 aliphatic heterocycles. The maximum atomic E-state index is 11.1. The van der Waals surface area contributed by atoms with E-state index in [1.165, 1.54) is 6.07 Å². The summed E-state index contributed by atoms with van der Waals surface area (Å²) in [6, 6.07) is 12.3. The van der Waals surface area contributed by atoms with E-state index in [0.717, 1.165) is 5.56 Å². The predicted octanol–water partition coefficient (Wildman–Crippen LogP) is 4.54. The SMILES string of the molecule is CN(Cc1cccc(Cl)c1)c1cccc(Cl)c1[N+](=O)[O-]. The van der Waals surface area contributed by atoms with Crippen molar-refractivity contribution < 1.29 is 4.92 Å². The molecule has 20 heavy (non-hydrogen) atoms. The van der Waals surface area contributed by atoms with Crippen LogP contribution in [-0.2, 0) is 6.54 Å². The van der Waals surface area contributed by atoms with Gasteiger partial charge >= 0.3 is 5.69 Å². The number of nitro benzene ring substituents is 1. The van der Waals surface area contributed by atoms with E-state index in [-0.39, 0.29) is 10.7 Å². The molecule has 0 saturated heterocycles. The number of para-hydroxylation sites is 1. The predicted molar refractivity (Wildman–Crippen MR) is 81.7 cm³/mol. The molecule has 0 aromatic heterocycles. The Balaban J connectivity index is 2.32. The quantitative estimate of drug-likeness (QED) is 0.615. The van der Waals surface area contributed by atoms with Gasteiger partial charge in [-0.25, -0.2) is 0 Å². The molecule has 2 rings (SSSR count). The summed E-state index contributed by atoms with van der Waals surface area (Å²) < 4.78 is 0. The Hall–Kier alpha value is -1.78. The van der Waals surface area contributed by atoms with E-state index in [1.807, 2.05) is 18.2 Å². The first-order valence-corrected chi connectivity index (χ1v) is 6.63. The first-order valence-electron chi connectivity index (χ1n) is 5.87. The normalized spacial score (nSPS) is 10.3. The molecule has 0 aliphatic carbocycles. The Morgan fingerprint density at radius 1 is 1.20 bits per heavy atom. The van der Waals surface area contributed by atoms with Crippen LogP contribution in [0.2, 0.25) is 10.0 Å². The van der Waals surface area contributed by atoms with Crippen molar-refractivity contribution in [3.63, 3.8) is 0 Å². The van der Waals surface area contributed by atoms with Gasteiger partial charge in [-0.2, -0.15) is 0 Å². The van der Waals surface area contributed by atoms with Crippen LogP contribution in [0, 0.1) is 10.1 Å². The number of halogens is 2. The number of benzene rings is 2. The molecule has 4 nitrogen and oxygen atoms in total. The minimum atomic E-state index is -0.466. The zero-order valence-electron chi connectivity index (χ0n) is 10.7. The molecule has 0 atom stereocenters. The molecule has 0 spiro atoms. The maximum Gasteiger partial charge on any atom is 0.310 e. The molecule has 2 aromatic rings. The van der Waals surface area contributed by atoms with Gasteiger partial charge in [-0.05, 0) is 29.8 Å². The Morgan fingerprint density at radius 2 is 1.90 bits per heavy atom. The molecule has 0 radical (unpaired) electrons. The Morgan fingerprint density at radius 3 is 2.55 bits per heavy atom. The second-order valence-electron chi connectivity index (χ2n) is 4.35. The van der Waals surface area contributed by atoms with Crippen molar-refractivity contribution in [1.82, 2.24) is 0 Å². The molecule has 0 saturated carbocycles. The topological polar surface area (TPSA) is 46.4 Å². The average molecular weight is 311 g/mol. The summed E-state index contributed by atoms with van der Waals surface area (Å²) in [4.78, 5) is 12.4. The summed E-state index contributed by atoms with van der Waals surface area (Å²) in [7, 11) is 1.78. The minimum absolute atomic E-state index is 0.0845. The van der Waals surface area contributed by atoms with Crippen molar-refractivity contribution in [2.75, 3.05) is 11.9 Å². The smallest absolute Gasteiger partial charge is 0.310 e. The lowest BCUT2D eigenvalue weighted by Gasteiger charge is -2.19. The van der Waals surface area contributed by atoms with Gasteiger partial charge in [-0.15, -0.1) is 0 Å². The molecule has 104 valence electrons. The number of nitrogens with zero attached hydrogens (tertiary/aromatic N) is 2. The van der Waals surface area contributed by atoms with Gasteiger partial charge in [0.25, 0.3) is 0 Å². The summed E-state index contributed by atoms with van der Waals surface area (Å²) >= 11 is 11.8. The van der Waals surface area contributed by atoms with Crippen molar-refractivity contribution in [1.29, 1.82) is 0 Å². The highest BCUT2D eigenvalue weighted by Crippen LogP contribution is 2.35. The lowest BCUT2D eigenvalue weighted by molar-refractivity contribution is -0.384. The first kappa shape index (κ1) is 14.6. The van der Waals surface area contributed by atoms with Crippen LogP contribution in [-0.4, -0.2) is 12.0 Å². The lowest BCUT2D eigenvalue weighted by Crippen LogP contribution is -2.17. The number of anilines is 1. The molecular formula is C14H12Cl2N2O2. The molecule has 0 unspecified atom stereocenters. The number of hydrogen-bond donors (Lipinski definition) is 0. The first-order chi connectivity index (χ1) is 9.49. The highest BCUT2D eigenvalue weighted by atomic mass is 35.5. The molecule has 0 aliphatic rings. The van der Waals surface area contributed by atoms with Crippen LogP contribution in [0.4, 0.5) is 11.4 Å². The second kappa shape index (κ2) is 6.11. The fraction of sp³-hybridized carbons (Fsp3) is 0.143. The molecule has 0 heterocycles. The minimum Gasteiger partial charge on any atom is -0.365 e. The summed E-state index contributed by atoms with van der Waals surface area (Å²) in [6.45, 7) is 0.502. The van der Waals surface area contributed by atoms with Crippen LogP contribution in [0.25, 0.3) is 0 Å². The zero-order chi connectivity index (χ0) is 14.7. The zero-order valence-corrected chi connectivity index (χ0v) is 12.2. The van der Waals surface area contributed by atoms with Gasteiger partial charge in [0.05, 0.1) is 4.92 Å². The Bertz CT molecular complexity index is 647. The molecule has 6 heteroatoms. The van der Waals surface area contributed by atoms with Crippen LogP contribution in [0.15, 0.2) is 42.5 Å². The van der Waals surface area contributed by atoms with Crippen molar-refractivity contribution in [3.05, 3.63) is 68.2 Å². The Labute approximate surface area is 126 Å². The maximum absolute atomic E-state index is 11.1. The van der Waals surface area contributed by atoms with Crippen LogP contribution < -0.4 is 4.90 Å². The van der Waals surface area contributed by atoms with Gasteiger partial charge in [0.15, 0.2) is 0 Å². The van der Waals surface area contributed by atoms with Crippen molar-refractivity contribution >= 4 is 34.6 Å². The number of nitro groups is 1. The highest BCUT2D eigenvalue weighted by molar-refractivity contribution is 6.33. The molecule has 0 amide bonds. The van der Waals surface area contributed by atoms with Gasteiger partial charge in [0.2, 0.25) is 0 Å². The largest absolute Gasteiger partial charge is 0.365 e. The molecule has 0 fully saturated rings. The van der Waals surface area contributed by atoms with Crippen LogP contribution >= 0.6 is 23.2 Å². The van der Waals surface area contributed by atoms with E-state index in [4.69, 9.17) is 23.2 Å². The second-order valence-corrected chi connectivity index (χ2v) is 5.19. The standard InChI is InChI=1S/C14H12Cl2N2O2/c1-17(9-10-4-2-5-11(15)8-10)13-7-3-6-12(16)14(13)18(19)20/h2-8H,9H2,1H3. The molecule has 0 N–H and O–H groups in total. The molecule has 2 aromatic carbocycles. The molecular weight excluding hydrogens is 299 g/mol. The van der Waals surface area contributed by atoms with E-state index >= 15 is 0 Å². The van der Waals surface area contributed by atoms with Crippen LogP contribution in [0.5, 0.6) is 0 Å². The van der Waals surface area contributed by atoms with E-state index in [1.54, 1.807) is 30.1 Å². The average Bonchev–Trinajstić information content (AvgIpc) is 2.37. The van der Waals surface area contributed by atoms with Gasteiger partial charge in [-0.3, -0.25) is 10.1 Å². The summed E-state index contributed by atoms with van der Waals surface area (Å²) in [6.07, 6.45) is 0. The van der Waals surface area contributed by atoms with E-state index in [9.17, 15) is 10.1 Å². The number of rotatable bonds is 4. The third kappa shape index (κ3) is 3.21. The van der Waals surface area contributed by atoms with Crippen LogP contribution in [0.1, 0.15) is 5.56 Å². The molecule has 0 bridgehead atoms. The summed E-state index contributed by atoms with van der Waals surface area (Å²) in [5, 5.41) is 11.9. The van der Waals surface area contributed by atoms with Crippen molar-refractivity contribution in [2.45, 2.75) is 6.54 Å². The van der Waals surface area contributed by atoms with Gasteiger partial charge in [0.1, 0.15) is 10.7 Å². The van der Waals surface area contributed by atoms with E-state index < -0.39 is 4.92 Å². The monoisotopic (exact) mass is 310 g/mol. The number of hydrogen-bond acceptors (Lipinski definition) is 3. The third-order valence-corrected chi connectivity index (χ3v) is 3.41. The fourth-order valence-corrected chi connectivity index (χ4v) is 2.44. The fourth-order valence-electron chi connectivity index (χ4n) is 1.99. The third-order valence-electron chi connectivity index (χ3n) is 2.87. The Kier molecular flexibility index (Phi) is 4.47. The summed E-state index contributed by atoms with van der Waals surface area (Å²) in [5.41, 5.74) is 1.36. The lowest BCUT2D eigenvalue weighted by atomic mass is 10.2. The van der Waals surface area contributed by atoms with Gasteiger partial charge in [0, 0.05) is 18.6 Å². The van der Waals surface area contributed by atoms with E-state index in [2.05, 4.69) is 0 Å². The highest BCUT2D eigenvalue weighted by Gasteiger charge is 2.21. The van der Waals surface area contributed by atoms with Gasteiger partial charge in [-0.1, -0.05) is 41.4 Å².